The first kappa shape index (κ1) is 7.34. The first-order chi connectivity index (χ1) is 3.68. The predicted octanol–water partition coefficient (Wildman–Crippen LogP) is 1.71. The molecule has 1 N–H and O–H groups in total. The van der Waals surface area contributed by atoms with Crippen LogP contribution in [0.5, 0.6) is 0 Å². The van der Waals surface area contributed by atoms with Crippen molar-refractivity contribution >= 4 is 12.1 Å². The molecule has 0 aliphatic carbocycles. The molecular formula is C6H12N2. The van der Waals surface area contributed by atoms with E-state index in [1.165, 1.54) is 0 Å². The highest BCUT2D eigenvalue weighted by atomic mass is 14.8. The summed E-state index contributed by atoms with van der Waals surface area (Å²) in [6.45, 7) is 6.04. The molecule has 0 heterocycles. The molecule has 0 aromatic rings. The van der Waals surface area contributed by atoms with Crippen molar-refractivity contribution in [3.8, 4) is 0 Å². The van der Waals surface area contributed by atoms with Crippen molar-refractivity contribution in [1.82, 2.24) is 0 Å². The maximum absolute atomic E-state index is 6.61. The Kier molecular flexibility index (Phi) is 3.08. The Bertz CT molecular complexity index is 103. The molecule has 0 saturated carbocycles. The molecule has 8 heavy (non-hydrogen) atoms. The largest absolute Gasteiger partial charge is 0.290 e. The van der Waals surface area contributed by atoms with E-state index < -0.39 is 0 Å². The van der Waals surface area contributed by atoms with Crippen LogP contribution in [0.2, 0.25) is 0 Å². The van der Waals surface area contributed by atoms with Gasteiger partial charge in [0.05, 0.1) is 0 Å². The maximum Gasteiger partial charge on any atom is 0.106 e. The molecule has 0 saturated heterocycles. The molecule has 0 amide bonds. The van der Waals surface area contributed by atoms with Crippen LogP contribution in [0.1, 0.15) is 20.8 Å². The smallest absolute Gasteiger partial charge is 0.106 e. The van der Waals surface area contributed by atoms with Gasteiger partial charge in [0.1, 0.15) is 6.34 Å². The minimum Gasteiger partial charge on any atom is -0.290 e. The highest BCUT2D eigenvalue weighted by Gasteiger charge is 1.93. The van der Waals surface area contributed by atoms with Gasteiger partial charge in [0, 0.05) is 5.71 Å². The molecule has 0 bridgehead atoms. The van der Waals surface area contributed by atoms with Crippen LogP contribution in [-0.4, -0.2) is 12.1 Å². The van der Waals surface area contributed by atoms with Crippen molar-refractivity contribution in [2.45, 2.75) is 20.8 Å². The Morgan fingerprint density at radius 1 is 1.62 bits per heavy atom. The van der Waals surface area contributed by atoms with E-state index in [0.717, 1.165) is 12.1 Å². The van der Waals surface area contributed by atoms with Crippen molar-refractivity contribution in [2.75, 3.05) is 0 Å². The van der Waals surface area contributed by atoms with Crippen molar-refractivity contribution in [3.63, 3.8) is 0 Å². The SMILES string of the molecule is C/C(=N\C=N)C(C)C. The zero-order valence-electron chi connectivity index (χ0n) is 5.60. The summed E-state index contributed by atoms with van der Waals surface area (Å²) in [6.07, 6.45) is 1.08. The van der Waals surface area contributed by atoms with E-state index in [1.807, 2.05) is 6.92 Å². The topological polar surface area (TPSA) is 36.2 Å². The van der Waals surface area contributed by atoms with Crippen molar-refractivity contribution < 1.29 is 0 Å². The molecule has 0 aromatic carbocycles. The van der Waals surface area contributed by atoms with Crippen LogP contribution >= 0.6 is 0 Å². The molecule has 0 aromatic heterocycles. The van der Waals surface area contributed by atoms with E-state index in [9.17, 15) is 0 Å². The highest BCUT2D eigenvalue weighted by molar-refractivity contribution is 5.89. The number of rotatable bonds is 2. The fourth-order valence-electron chi connectivity index (χ4n) is 0.251. The van der Waals surface area contributed by atoms with Crippen LogP contribution in [0.25, 0.3) is 0 Å². The molecule has 0 fully saturated rings. The summed E-state index contributed by atoms with van der Waals surface area (Å²) in [7, 11) is 0. The van der Waals surface area contributed by atoms with Gasteiger partial charge in [-0.25, -0.2) is 4.99 Å². The second kappa shape index (κ2) is 3.36. The van der Waals surface area contributed by atoms with Crippen molar-refractivity contribution in [3.05, 3.63) is 0 Å². The van der Waals surface area contributed by atoms with Crippen molar-refractivity contribution in [1.29, 1.82) is 5.41 Å². The number of hydrogen-bond donors (Lipinski definition) is 1. The van der Waals surface area contributed by atoms with Gasteiger partial charge in [0.2, 0.25) is 0 Å². The normalized spacial score (nSPS) is 12.2. The lowest BCUT2D eigenvalue weighted by atomic mass is 10.1. The quantitative estimate of drug-likeness (QED) is 0.417. The van der Waals surface area contributed by atoms with Crippen LogP contribution in [0.3, 0.4) is 0 Å². The third-order valence-corrected chi connectivity index (χ3v) is 1.10. The Hall–Kier alpha value is -0.660. The molecule has 2 nitrogen and oxygen atoms in total. The van der Waals surface area contributed by atoms with Crippen LogP contribution in [-0.2, 0) is 0 Å². The summed E-state index contributed by atoms with van der Waals surface area (Å²) >= 11 is 0. The lowest BCUT2D eigenvalue weighted by Gasteiger charge is -1.98. The van der Waals surface area contributed by atoms with Gasteiger partial charge in [-0.05, 0) is 12.8 Å². The van der Waals surface area contributed by atoms with Gasteiger partial charge in [-0.15, -0.1) is 0 Å². The van der Waals surface area contributed by atoms with E-state index in [-0.39, 0.29) is 0 Å². The predicted molar refractivity (Wildman–Crippen MR) is 36.7 cm³/mol. The second-order valence-corrected chi connectivity index (χ2v) is 2.05. The number of hydrogen-bond acceptors (Lipinski definition) is 1. The summed E-state index contributed by atoms with van der Waals surface area (Å²) in [5.74, 6) is 0.469. The standard InChI is InChI=1S/C6H12N2/c1-5(2)6(3)8-4-7/h4-5,7H,1-3H3/b7-4?,8-6+. The Morgan fingerprint density at radius 3 is 2.25 bits per heavy atom. The van der Waals surface area contributed by atoms with Gasteiger partial charge < -0.3 is 0 Å². The summed E-state index contributed by atoms with van der Waals surface area (Å²) in [5.41, 5.74) is 1.01. The lowest BCUT2D eigenvalue weighted by molar-refractivity contribution is 0.881. The Labute approximate surface area is 50.1 Å². The van der Waals surface area contributed by atoms with Gasteiger partial charge in [-0.2, -0.15) is 0 Å². The van der Waals surface area contributed by atoms with Gasteiger partial charge in [0.15, 0.2) is 0 Å². The Balaban J connectivity index is 3.78. The third-order valence-electron chi connectivity index (χ3n) is 1.10. The van der Waals surface area contributed by atoms with Crippen LogP contribution < -0.4 is 0 Å². The van der Waals surface area contributed by atoms with E-state index in [2.05, 4.69) is 18.8 Å². The fourth-order valence-corrected chi connectivity index (χ4v) is 0.251. The van der Waals surface area contributed by atoms with Crippen LogP contribution in [0.15, 0.2) is 4.99 Å². The van der Waals surface area contributed by atoms with Gasteiger partial charge in [0.25, 0.3) is 0 Å². The summed E-state index contributed by atoms with van der Waals surface area (Å²) in [4.78, 5) is 3.78. The monoisotopic (exact) mass is 112 g/mol. The summed E-state index contributed by atoms with van der Waals surface area (Å²) in [6, 6.07) is 0. The second-order valence-electron chi connectivity index (χ2n) is 2.05. The minimum atomic E-state index is 0.469. The summed E-state index contributed by atoms with van der Waals surface area (Å²) < 4.78 is 0. The molecule has 0 unspecified atom stereocenters. The average Bonchev–Trinajstić information content (AvgIpc) is 1.67. The van der Waals surface area contributed by atoms with E-state index in [1.54, 1.807) is 0 Å². The fraction of sp³-hybridized carbons (Fsp3) is 0.667. The van der Waals surface area contributed by atoms with E-state index in [4.69, 9.17) is 5.41 Å². The lowest BCUT2D eigenvalue weighted by Crippen LogP contribution is -2.00. The number of nitrogens with zero attached hydrogens (tertiary/aromatic N) is 1. The Morgan fingerprint density at radius 2 is 2.12 bits per heavy atom. The molecular weight excluding hydrogens is 100 g/mol. The first-order valence-corrected chi connectivity index (χ1v) is 2.71. The summed E-state index contributed by atoms with van der Waals surface area (Å²) in [5, 5.41) is 6.61. The molecule has 2 heteroatoms. The molecule has 46 valence electrons. The van der Waals surface area contributed by atoms with Crippen molar-refractivity contribution in [2.24, 2.45) is 10.9 Å². The van der Waals surface area contributed by atoms with E-state index in [0.29, 0.717) is 5.92 Å². The third kappa shape index (κ3) is 2.50. The van der Waals surface area contributed by atoms with E-state index >= 15 is 0 Å². The van der Waals surface area contributed by atoms with Gasteiger partial charge in [-0.3, -0.25) is 5.41 Å². The average molecular weight is 112 g/mol. The molecule has 0 aliphatic rings. The molecule has 0 radical (unpaired) electrons. The van der Waals surface area contributed by atoms with Crippen LogP contribution in [0, 0.1) is 11.3 Å². The zero-order chi connectivity index (χ0) is 6.57. The molecule has 0 atom stereocenters. The van der Waals surface area contributed by atoms with Gasteiger partial charge in [-0.1, -0.05) is 13.8 Å². The minimum absolute atomic E-state index is 0.469. The zero-order valence-corrected chi connectivity index (χ0v) is 5.60. The molecule has 0 aliphatic heterocycles. The molecule has 0 spiro atoms. The number of aliphatic imine (C=N–C) groups is 1. The molecule has 0 rings (SSSR count). The maximum atomic E-state index is 6.61. The van der Waals surface area contributed by atoms with Gasteiger partial charge >= 0.3 is 0 Å². The number of nitrogens with one attached hydrogen (secondary N) is 1. The van der Waals surface area contributed by atoms with Crippen LogP contribution in [0.4, 0.5) is 0 Å². The highest BCUT2D eigenvalue weighted by Crippen LogP contribution is 1.93. The first-order valence-electron chi connectivity index (χ1n) is 2.71.